The Hall–Kier alpha value is -3.07. The van der Waals surface area contributed by atoms with E-state index in [1.165, 1.54) is 18.9 Å². The maximum atomic E-state index is 11.5. The maximum absolute atomic E-state index is 11.5. The summed E-state index contributed by atoms with van der Waals surface area (Å²) in [5.74, 6) is 0.458. The van der Waals surface area contributed by atoms with Crippen molar-refractivity contribution in [2.24, 2.45) is 0 Å². The number of carbonyl (C=O) groups is 1. The Morgan fingerprint density at radius 1 is 1.38 bits per heavy atom. The molecule has 11 heteroatoms. The van der Waals surface area contributed by atoms with Gasteiger partial charge in [-0.25, -0.2) is 9.97 Å². The zero-order valence-electron chi connectivity index (χ0n) is 22.4. The van der Waals surface area contributed by atoms with Crippen LogP contribution in [0.2, 0.25) is 18.1 Å². The van der Waals surface area contributed by atoms with E-state index >= 15 is 0 Å². The highest BCUT2D eigenvalue weighted by Crippen LogP contribution is 2.46. The van der Waals surface area contributed by atoms with Crippen LogP contribution in [-0.4, -0.2) is 49.4 Å². The molecule has 37 heavy (non-hydrogen) atoms. The largest absolute Gasteiger partial charge is 0.416 e. The van der Waals surface area contributed by atoms with Crippen LogP contribution in [0.3, 0.4) is 0 Å². The lowest BCUT2D eigenvalue weighted by atomic mass is 9.83. The molecule has 1 atom stereocenters. The summed E-state index contributed by atoms with van der Waals surface area (Å²) in [6, 6.07) is 8.08. The lowest BCUT2D eigenvalue weighted by Crippen LogP contribution is -2.46. The van der Waals surface area contributed by atoms with E-state index in [-0.39, 0.29) is 5.04 Å². The fourth-order valence-corrected chi connectivity index (χ4v) is 5.93. The number of aryl methyl sites for hydroxylation is 1. The molecule has 1 N–H and O–H groups in total. The molecule has 1 radical (unpaired) electrons. The van der Waals surface area contributed by atoms with Crippen molar-refractivity contribution in [2.75, 3.05) is 23.3 Å². The van der Waals surface area contributed by atoms with Crippen molar-refractivity contribution in [1.29, 1.82) is 5.26 Å². The number of nitrogens with zero attached hydrogens (tertiary/aromatic N) is 5. The van der Waals surface area contributed by atoms with Crippen molar-refractivity contribution >= 4 is 50.8 Å². The summed E-state index contributed by atoms with van der Waals surface area (Å²) in [7, 11) is -0.520. The molecular formula is C26H32BN6O2SSi. The van der Waals surface area contributed by atoms with Gasteiger partial charge in [-0.3, -0.25) is 0 Å². The first-order valence-corrected chi connectivity index (χ1v) is 15.9. The van der Waals surface area contributed by atoms with Gasteiger partial charge in [0.2, 0.25) is 5.95 Å². The van der Waals surface area contributed by atoms with E-state index in [9.17, 15) is 10.1 Å². The molecule has 0 aliphatic carbocycles. The lowest BCUT2D eigenvalue weighted by Gasteiger charge is -2.39. The molecule has 4 rings (SSSR count). The molecule has 0 bridgehead atoms. The minimum absolute atomic E-state index is 0.0692. The molecule has 0 fully saturated rings. The third kappa shape index (κ3) is 5.32. The number of carbonyl (C=O) groups excluding carboxylic acids is 1. The summed E-state index contributed by atoms with van der Waals surface area (Å²) in [6.07, 6.45) is 2.47. The van der Waals surface area contributed by atoms with Gasteiger partial charge in [0.1, 0.15) is 12.3 Å². The topological polar surface area (TPSA) is 104 Å². The van der Waals surface area contributed by atoms with Gasteiger partial charge < -0.3 is 19.3 Å². The predicted octanol–water partition coefficient (Wildman–Crippen LogP) is 5.43. The Kier molecular flexibility index (Phi) is 7.30. The number of aromatic nitrogens is 3. The van der Waals surface area contributed by atoms with E-state index in [0.29, 0.717) is 30.4 Å². The van der Waals surface area contributed by atoms with E-state index in [2.05, 4.69) is 67.6 Å². The van der Waals surface area contributed by atoms with Gasteiger partial charge >= 0.3 is 7.41 Å². The van der Waals surface area contributed by atoms with E-state index < -0.39 is 13.7 Å². The second-order valence-electron chi connectivity index (χ2n) is 11.3. The number of nitrogens with one attached hydrogen (secondary N) is 1. The lowest BCUT2D eigenvalue weighted by molar-refractivity contribution is 0.219. The highest BCUT2D eigenvalue weighted by Gasteiger charge is 2.44. The molecule has 2 aromatic heterocycles. The van der Waals surface area contributed by atoms with Gasteiger partial charge in [0, 0.05) is 41.4 Å². The molecule has 3 heterocycles. The summed E-state index contributed by atoms with van der Waals surface area (Å²) >= 11 is 1.37. The van der Waals surface area contributed by atoms with E-state index in [0.717, 1.165) is 34.4 Å². The Morgan fingerprint density at radius 2 is 2.14 bits per heavy atom. The minimum Gasteiger partial charge on any atom is -0.416 e. The third-order valence-electron chi connectivity index (χ3n) is 7.43. The Bertz CT molecular complexity index is 1370. The minimum atomic E-state index is -2.02. The first-order chi connectivity index (χ1) is 17.4. The number of hydrogen-bond donors (Lipinski definition) is 1. The zero-order chi connectivity index (χ0) is 27.0. The van der Waals surface area contributed by atoms with Crippen LogP contribution in [0.25, 0.3) is 11.3 Å². The fraction of sp³-hybridized carbons (Fsp3) is 0.423. The highest BCUT2D eigenvalue weighted by molar-refractivity contribution is 7.04. The second-order valence-corrected chi connectivity index (χ2v) is 16.7. The number of hydrogen-bond acceptors (Lipinski definition) is 9. The zero-order valence-corrected chi connectivity index (χ0v) is 24.2. The van der Waals surface area contributed by atoms with Crippen LogP contribution in [-0.2, 0) is 14.6 Å². The van der Waals surface area contributed by atoms with Gasteiger partial charge in [0.05, 0.1) is 22.6 Å². The predicted molar refractivity (Wildman–Crippen MR) is 153 cm³/mol. The standard InChI is InChI=1S/C26H32BN6O2SSi/c1-17-22(13-36-32-17)31-24-29-9-8-21(30-24)18-10-19(12-28)23-20(11-18)26(5,14-33(23)27-16-34)15-35-37(6,7)25(2,3)4/h8-11,13,16H,14-15H2,1-7H3,(H,29,30,31)/t26-/m1/s1. The quantitative estimate of drug-likeness (QED) is 0.303. The highest BCUT2D eigenvalue weighted by atomic mass is 32.1. The van der Waals surface area contributed by atoms with E-state index in [1.807, 2.05) is 29.2 Å². The molecule has 1 aliphatic rings. The van der Waals surface area contributed by atoms with Crippen molar-refractivity contribution in [2.45, 2.75) is 58.2 Å². The monoisotopic (exact) mass is 531 g/mol. The van der Waals surface area contributed by atoms with Crippen molar-refractivity contribution in [3.05, 3.63) is 46.6 Å². The summed E-state index contributed by atoms with van der Waals surface area (Å²) in [5.41, 5.74) is 5.07. The Morgan fingerprint density at radius 3 is 2.76 bits per heavy atom. The van der Waals surface area contributed by atoms with Crippen LogP contribution in [0, 0.1) is 18.3 Å². The average molecular weight is 532 g/mol. The van der Waals surface area contributed by atoms with Gasteiger partial charge in [-0.05, 0) is 60.4 Å². The van der Waals surface area contributed by atoms with Crippen molar-refractivity contribution < 1.29 is 9.22 Å². The number of fused-ring (bicyclic) bond motifs is 1. The molecule has 191 valence electrons. The molecule has 3 aromatic rings. The summed E-state index contributed by atoms with van der Waals surface area (Å²) in [4.78, 5) is 22.4. The maximum Gasteiger partial charge on any atom is 0.329 e. The number of benzene rings is 1. The van der Waals surface area contributed by atoms with Gasteiger partial charge in [0.25, 0.3) is 0 Å². The molecule has 1 aliphatic heterocycles. The fourth-order valence-electron chi connectivity index (χ4n) is 4.17. The van der Waals surface area contributed by atoms with Crippen LogP contribution in [0.1, 0.15) is 44.5 Å². The molecular weight excluding hydrogens is 499 g/mol. The third-order valence-corrected chi connectivity index (χ3v) is 12.6. The van der Waals surface area contributed by atoms with Gasteiger partial charge in [-0.15, -0.1) is 0 Å². The van der Waals surface area contributed by atoms with Crippen molar-refractivity contribution in [3.63, 3.8) is 0 Å². The van der Waals surface area contributed by atoms with Crippen LogP contribution in [0.4, 0.5) is 17.3 Å². The SMILES string of the molecule is Cc1nscc1Nc1nccc(-c2cc(C#N)c3c(c2)[C@@](C)(CO[Si](C)(C)C(C)(C)C)CN3[B]C=O)n1. The normalized spacial score (nSPS) is 17.3. The summed E-state index contributed by atoms with van der Waals surface area (Å²) < 4.78 is 10.9. The number of nitriles is 1. The Balaban J connectivity index is 1.76. The second kappa shape index (κ2) is 10.0. The molecule has 1 aromatic carbocycles. The first kappa shape index (κ1) is 27.0. The van der Waals surface area contributed by atoms with Crippen molar-refractivity contribution in [1.82, 2.24) is 14.3 Å². The molecule has 0 saturated carbocycles. The van der Waals surface area contributed by atoms with Gasteiger partial charge in [-0.2, -0.15) is 9.64 Å². The molecule has 8 nitrogen and oxygen atoms in total. The van der Waals surface area contributed by atoms with Crippen LogP contribution in [0.5, 0.6) is 0 Å². The smallest absolute Gasteiger partial charge is 0.329 e. The van der Waals surface area contributed by atoms with Crippen molar-refractivity contribution in [3.8, 4) is 17.3 Å². The summed E-state index contributed by atoms with van der Waals surface area (Å²) in [6.45, 7) is 16.2. The first-order valence-electron chi connectivity index (χ1n) is 12.2. The van der Waals surface area contributed by atoms with E-state index in [4.69, 9.17) is 9.41 Å². The summed E-state index contributed by atoms with van der Waals surface area (Å²) in [5, 5.41) is 15.3. The van der Waals surface area contributed by atoms with Crippen LogP contribution in [0.15, 0.2) is 29.8 Å². The van der Waals surface area contributed by atoms with Gasteiger partial charge in [-0.1, -0.05) is 27.7 Å². The number of rotatable bonds is 8. The van der Waals surface area contributed by atoms with Gasteiger partial charge in [0.15, 0.2) is 8.32 Å². The molecule has 0 spiro atoms. The number of anilines is 3. The average Bonchev–Trinajstić information content (AvgIpc) is 3.37. The molecule has 0 unspecified atom stereocenters. The van der Waals surface area contributed by atoms with E-state index in [1.54, 1.807) is 6.20 Å². The Labute approximate surface area is 224 Å². The molecule has 0 amide bonds. The van der Waals surface area contributed by atoms with Crippen LogP contribution >= 0.6 is 11.5 Å². The van der Waals surface area contributed by atoms with Crippen LogP contribution < -0.4 is 10.1 Å². The molecule has 0 saturated heterocycles.